The van der Waals surface area contributed by atoms with Gasteiger partial charge in [-0.05, 0) is 52.0 Å². The summed E-state index contributed by atoms with van der Waals surface area (Å²) in [5.74, 6) is 0.296. The molecule has 0 saturated carbocycles. The zero-order chi connectivity index (χ0) is 31.4. The average Bonchev–Trinajstić information content (AvgIpc) is 2.95. The molecule has 4 aromatic rings. The third-order valence-electron chi connectivity index (χ3n) is 7.14. The molecule has 0 aliphatic rings. The number of benzene rings is 4. The SMILES string of the molecule is C/C=C\c1cccc(C(C)(C)c2cccc(/C=C\C)c2OS(=O)(=O)c2ccc(C)cc2)c1OS(=O)(=O)c1ccc(C)cc1. The van der Waals surface area contributed by atoms with Crippen molar-refractivity contribution >= 4 is 32.4 Å². The van der Waals surface area contributed by atoms with Gasteiger partial charge in [-0.1, -0.05) is 110 Å². The molecule has 0 atom stereocenters. The molecule has 224 valence electrons. The summed E-state index contributed by atoms with van der Waals surface area (Å²) >= 11 is 0. The molecule has 0 bridgehead atoms. The molecule has 0 spiro atoms. The Morgan fingerprint density at radius 3 is 1.23 bits per heavy atom. The van der Waals surface area contributed by atoms with Gasteiger partial charge in [0.15, 0.2) is 11.5 Å². The molecule has 43 heavy (non-hydrogen) atoms. The zero-order valence-corrected chi connectivity index (χ0v) is 26.8. The van der Waals surface area contributed by atoms with E-state index in [1.54, 1.807) is 72.8 Å². The highest BCUT2D eigenvalue weighted by Gasteiger charge is 2.35. The predicted molar refractivity (Wildman–Crippen MR) is 172 cm³/mol. The molecule has 4 aromatic carbocycles. The first-order valence-electron chi connectivity index (χ1n) is 13.8. The maximum atomic E-state index is 13.5. The van der Waals surface area contributed by atoms with Crippen LogP contribution in [0.2, 0.25) is 0 Å². The van der Waals surface area contributed by atoms with E-state index in [9.17, 15) is 16.8 Å². The van der Waals surface area contributed by atoms with Crippen molar-refractivity contribution in [3.63, 3.8) is 0 Å². The van der Waals surface area contributed by atoms with Crippen LogP contribution < -0.4 is 8.37 Å². The van der Waals surface area contributed by atoms with E-state index in [0.29, 0.717) is 22.3 Å². The van der Waals surface area contributed by atoms with Crippen LogP contribution in [0.4, 0.5) is 0 Å². The van der Waals surface area contributed by atoms with Crippen LogP contribution >= 0.6 is 0 Å². The number of rotatable bonds is 10. The molecule has 0 N–H and O–H groups in total. The molecular weight excluding hydrogens is 581 g/mol. The van der Waals surface area contributed by atoms with Gasteiger partial charge in [-0.15, -0.1) is 0 Å². The minimum absolute atomic E-state index is 0.0282. The Bertz CT molecular complexity index is 1740. The van der Waals surface area contributed by atoms with Crippen LogP contribution in [0, 0.1) is 13.8 Å². The van der Waals surface area contributed by atoms with Crippen LogP contribution in [-0.4, -0.2) is 16.8 Å². The summed E-state index contributed by atoms with van der Waals surface area (Å²) in [5, 5.41) is 0. The molecule has 4 rings (SSSR count). The molecule has 0 aromatic heterocycles. The fourth-order valence-corrected chi connectivity index (χ4v) is 6.71. The van der Waals surface area contributed by atoms with Crippen LogP contribution in [-0.2, 0) is 25.7 Å². The van der Waals surface area contributed by atoms with Crippen LogP contribution in [0.15, 0.2) is 107 Å². The van der Waals surface area contributed by atoms with E-state index in [-0.39, 0.29) is 21.3 Å². The number of aryl methyl sites for hydroxylation is 2. The lowest BCUT2D eigenvalue weighted by molar-refractivity contribution is 0.464. The lowest BCUT2D eigenvalue weighted by Gasteiger charge is -2.31. The second-order valence-electron chi connectivity index (χ2n) is 10.8. The lowest BCUT2D eigenvalue weighted by Crippen LogP contribution is -2.24. The number of allylic oxidation sites excluding steroid dienone is 2. The fraction of sp³-hybridized carbons (Fsp3) is 0.200. The minimum Gasteiger partial charge on any atom is -0.378 e. The van der Waals surface area contributed by atoms with Gasteiger partial charge in [0.05, 0.1) is 0 Å². The highest BCUT2D eigenvalue weighted by molar-refractivity contribution is 7.87. The maximum Gasteiger partial charge on any atom is 0.339 e. The number of hydrogen-bond acceptors (Lipinski definition) is 6. The quantitative estimate of drug-likeness (QED) is 0.167. The van der Waals surface area contributed by atoms with Crippen molar-refractivity contribution in [2.75, 3.05) is 0 Å². The lowest BCUT2D eigenvalue weighted by atomic mass is 9.76. The molecule has 0 aliphatic heterocycles. The maximum absolute atomic E-state index is 13.5. The molecule has 0 aliphatic carbocycles. The van der Waals surface area contributed by atoms with Gasteiger partial charge in [-0.3, -0.25) is 0 Å². The Morgan fingerprint density at radius 1 is 0.558 bits per heavy atom. The molecule has 0 saturated heterocycles. The summed E-state index contributed by atoms with van der Waals surface area (Å²) in [7, 11) is -8.41. The number of hydrogen-bond donors (Lipinski definition) is 0. The second kappa shape index (κ2) is 12.6. The molecule has 6 nitrogen and oxygen atoms in total. The summed E-state index contributed by atoms with van der Waals surface area (Å²) in [6.45, 7) is 11.2. The third kappa shape index (κ3) is 6.92. The molecule has 0 amide bonds. The minimum atomic E-state index is -4.20. The van der Waals surface area contributed by atoms with E-state index >= 15 is 0 Å². The van der Waals surface area contributed by atoms with Crippen LogP contribution in [0.5, 0.6) is 11.5 Å². The van der Waals surface area contributed by atoms with Crippen molar-refractivity contribution in [2.24, 2.45) is 0 Å². The Morgan fingerprint density at radius 2 is 0.907 bits per heavy atom. The molecule has 0 heterocycles. The first kappa shape index (κ1) is 31.8. The standard InChI is InChI=1S/C35H36O6S2/c1-7-11-27-13-9-15-31(33(27)40-42(36,37)29-21-17-25(3)18-22-29)35(5,6)32-16-10-14-28(12-8-2)34(32)41-43(38,39)30-23-19-26(4)20-24-30/h7-24H,1-6H3/b11-7-,12-8-. The van der Waals surface area contributed by atoms with Crippen molar-refractivity contribution in [3.05, 3.63) is 130 Å². The van der Waals surface area contributed by atoms with Crippen molar-refractivity contribution < 1.29 is 25.2 Å². The van der Waals surface area contributed by atoms with Gasteiger partial charge in [-0.2, -0.15) is 16.8 Å². The van der Waals surface area contributed by atoms with Gasteiger partial charge in [-0.25, -0.2) is 0 Å². The zero-order valence-electron chi connectivity index (χ0n) is 25.2. The first-order chi connectivity index (χ1) is 20.3. The van der Waals surface area contributed by atoms with E-state index in [1.807, 2.05) is 53.7 Å². The summed E-state index contributed by atoms with van der Waals surface area (Å²) in [6.07, 6.45) is 7.14. The van der Waals surface area contributed by atoms with E-state index < -0.39 is 25.7 Å². The monoisotopic (exact) mass is 616 g/mol. The summed E-state index contributed by atoms with van der Waals surface area (Å²) < 4.78 is 65.8. The predicted octanol–water partition coefficient (Wildman–Crippen LogP) is 8.23. The summed E-state index contributed by atoms with van der Waals surface area (Å²) in [6, 6.07) is 23.6. The molecule has 0 radical (unpaired) electrons. The van der Waals surface area contributed by atoms with Crippen LogP contribution in [0.25, 0.3) is 12.2 Å². The molecule has 0 unspecified atom stereocenters. The van der Waals surface area contributed by atoms with Crippen LogP contribution in [0.3, 0.4) is 0 Å². The second-order valence-corrected chi connectivity index (χ2v) is 13.9. The first-order valence-corrected chi connectivity index (χ1v) is 16.7. The Kier molecular flexibility index (Phi) is 9.32. The van der Waals surface area contributed by atoms with E-state index in [1.165, 1.54) is 24.3 Å². The Hall–Kier alpha value is -4.14. The fourth-order valence-electron chi connectivity index (χ4n) is 4.77. The third-order valence-corrected chi connectivity index (χ3v) is 9.61. The topological polar surface area (TPSA) is 86.7 Å². The Labute approximate surface area is 255 Å². The van der Waals surface area contributed by atoms with Gasteiger partial charge >= 0.3 is 20.2 Å². The highest BCUT2D eigenvalue weighted by Crippen LogP contribution is 2.45. The van der Waals surface area contributed by atoms with Crippen molar-refractivity contribution in [2.45, 2.75) is 56.7 Å². The van der Waals surface area contributed by atoms with Crippen LogP contribution in [0.1, 0.15) is 61.1 Å². The van der Waals surface area contributed by atoms with Gasteiger partial charge in [0.2, 0.25) is 0 Å². The molecular formula is C35H36O6S2. The van der Waals surface area contributed by atoms with Gasteiger partial charge in [0, 0.05) is 27.7 Å². The van der Waals surface area contributed by atoms with Gasteiger partial charge in [0.25, 0.3) is 0 Å². The highest BCUT2D eigenvalue weighted by atomic mass is 32.2. The van der Waals surface area contributed by atoms with E-state index in [2.05, 4.69) is 0 Å². The molecule has 0 fully saturated rings. The van der Waals surface area contributed by atoms with Gasteiger partial charge in [0.1, 0.15) is 9.79 Å². The smallest absolute Gasteiger partial charge is 0.339 e. The normalized spacial score (nSPS) is 12.6. The Balaban J connectivity index is 1.91. The molecule has 8 heteroatoms. The van der Waals surface area contributed by atoms with E-state index in [0.717, 1.165) is 11.1 Å². The largest absolute Gasteiger partial charge is 0.378 e. The van der Waals surface area contributed by atoms with Crippen molar-refractivity contribution in [1.29, 1.82) is 0 Å². The van der Waals surface area contributed by atoms with Crippen molar-refractivity contribution in [1.82, 2.24) is 0 Å². The number of para-hydroxylation sites is 2. The summed E-state index contributed by atoms with van der Waals surface area (Å²) in [5.41, 5.74) is 3.05. The van der Waals surface area contributed by atoms with Gasteiger partial charge < -0.3 is 8.37 Å². The average molecular weight is 617 g/mol. The van der Waals surface area contributed by atoms with E-state index in [4.69, 9.17) is 8.37 Å². The summed E-state index contributed by atoms with van der Waals surface area (Å²) in [4.78, 5) is 0.0564. The van der Waals surface area contributed by atoms with Crippen molar-refractivity contribution in [3.8, 4) is 11.5 Å².